The first-order valence-corrected chi connectivity index (χ1v) is 5.19. The molecule has 1 aromatic heterocycles. The third-order valence-corrected chi connectivity index (χ3v) is 2.49. The number of fused-ring (bicyclic) bond motifs is 1. The summed E-state index contributed by atoms with van der Waals surface area (Å²) in [5, 5.41) is 9.71. The first-order chi connectivity index (χ1) is 7.16. The van der Waals surface area contributed by atoms with Crippen LogP contribution in [0.15, 0.2) is 28.7 Å². The molecule has 0 aliphatic heterocycles. The molecule has 0 aliphatic carbocycles. The van der Waals surface area contributed by atoms with Crippen LogP contribution < -0.4 is 0 Å². The Hall–Kier alpha value is -1.35. The standard InChI is InChI=1S/C12H15NO2/c1-8(2)10(14)7-12-13-9-5-3-4-6-11(9)15-12/h3-6,8,10,14H,7H2,1-2H3. The number of benzene rings is 1. The average Bonchev–Trinajstić information content (AvgIpc) is 2.59. The molecule has 3 heteroatoms. The Morgan fingerprint density at radius 2 is 2.07 bits per heavy atom. The van der Waals surface area contributed by atoms with E-state index >= 15 is 0 Å². The molecule has 0 fully saturated rings. The fourth-order valence-electron chi connectivity index (χ4n) is 1.42. The van der Waals surface area contributed by atoms with Crippen LogP contribution in [-0.2, 0) is 6.42 Å². The third kappa shape index (κ3) is 2.18. The lowest BCUT2D eigenvalue weighted by Gasteiger charge is -2.11. The maximum absolute atomic E-state index is 9.71. The number of para-hydroxylation sites is 2. The van der Waals surface area contributed by atoms with Crippen molar-refractivity contribution in [1.29, 1.82) is 0 Å². The Labute approximate surface area is 88.7 Å². The Kier molecular flexibility index (Phi) is 2.73. The summed E-state index contributed by atoms with van der Waals surface area (Å²) in [6, 6.07) is 7.63. The van der Waals surface area contributed by atoms with E-state index < -0.39 is 6.10 Å². The predicted molar refractivity (Wildman–Crippen MR) is 58.6 cm³/mol. The van der Waals surface area contributed by atoms with E-state index in [1.807, 2.05) is 38.1 Å². The maximum Gasteiger partial charge on any atom is 0.198 e. The molecule has 0 saturated heterocycles. The van der Waals surface area contributed by atoms with Gasteiger partial charge in [0, 0.05) is 0 Å². The SMILES string of the molecule is CC(C)C(O)Cc1nc2ccccc2o1. The number of oxazole rings is 1. The van der Waals surface area contributed by atoms with Crippen molar-refractivity contribution in [1.82, 2.24) is 4.98 Å². The van der Waals surface area contributed by atoms with Crippen molar-refractivity contribution in [3.05, 3.63) is 30.2 Å². The van der Waals surface area contributed by atoms with Crippen molar-refractivity contribution in [2.75, 3.05) is 0 Å². The molecule has 0 bridgehead atoms. The van der Waals surface area contributed by atoms with Crippen molar-refractivity contribution in [2.45, 2.75) is 26.4 Å². The fourth-order valence-corrected chi connectivity index (χ4v) is 1.42. The van der Waals surface area contributed by atoms with Crippen LogP contribution in [0.3, 0.4) is 0 Å². The zero-order chi connectivity index (χ0) is 10.8. The summed E-state index contributed by atoms with van der Waals surface area (Å²) in [6.45, 7) is 3.96. The van der Waals surface area contributed by atoms with Gasteiger partial charge in [-0.25, -0.2) is 4.98 Å². The number of hydrogen-bond donors (Lipinski definition) is 1. The molecule has 1 heterocycles. The van der Waals surface area contributed by atoms with Gasteiger partial charge in [0.2, 0.25) is 0 Å². The number of aliphatic hydroxyl groups excluding tert-OH is 1. The van der Waals surface area contributed by atoms with Crippen LogP contribution in [0, 0.1) is 5.92 Å². The highest BCUT2D eigenvalue weighted by atomic mass is 16.4. The van der Waals surface area contributed by atoms with Crippen molar-refractivity contribution in [3.8, 4) is 0 Å². The van der Waals surface area contributed by atoms with Crippen LogP contribution in [-0.4, -0.2) is 16.2 Å². The van der Waals surface area contributed by atoms with Crippen LogP contribution >= 0.6 is 0 Å². The smallest absolute Gasteiger partial charge is 0.198 e. The van der Waals surface area contributed by atoms with Crippen LogP contribution in [0.5, 0.6) is 0 Å². The summed E-state index contributed by atoms with van der Waals surface area (Å²) >= 11 is 0. The second-order valence-electron chi connectivity index (χ2n) is 4.09. The summed E-state index contributed by atoms with van der Waals surface area (Å²) in [4.78, 5) is 4.31. The van der Waals surface area contributed by atoms with Gasteiger partial charge in [-0.05, 0) is 18.1 Å². The summed E-state index contributed by atoms with van der Waals surface area (Å²) in [7, 11) is 0. The molecule has 1 atom stereocenters. The Balaban J connectivity index is 2.22. The molecule has 15 heavy (non-hydrogen) atoms. The lowest BCUT2D eigenvalue weighted by Crippen LogP contribution is -2.17. The minimum atomic E-state index is -0.391. The van der Waals surface area contributed by atoms with Crippen molar-refractivity contribution in [2.24, 2.45) is 5.92 Å². The highest BCUT2D eigenvalue weighted by Crippen LogP contribution is 2.17. The quantitative estimate of drug-likeness (QED) is 0.836. The van der Waals surface area contributed by atoms with Crippen LogP contribution in [0.4, 0.5) is 0 Å². The summed E-state index contributed by atoms with van der Waals surface area (Å²) < 4.78 is 5.52. The fraction of sp³-hybridized carbons (Fsp3) is 0.417. The molecule has 0 radical (unpaired) electrons. The van der Waals surface area contributed by atoms with Crippen LogP contribution in [0.1, 0.15) is 19.7 Å². The maximum atomic E-state index is 9.71. The minimum Gasteiger partial charge on any atom is -0.441 e. The molecule has 0 saturated carbocycles. The molecule has 3 nitrogen and oxygen atoms in total. The van der Waals surface area contributed by atoms with Gasteiger partial charge >= 0.3 is 0 Å². The van der Waals surface area contributed by atoms with Gasteiger partial charge in [-0.3, -0.25) is 0 Å². The summed E-state index contributed by atoms with van der Waals surface area (Å²) in [5.74, 6) is 0.831. The van der Waals surface area contributed by atoms with E-state index in [2.05, 4.69) is 4.98 Å². The largest absolute Gasteiger partial charge is 0.441 e. The first-order valence-electron chi connectivity index (χ1n) is 5.19. The molecule has 2 aromatic rings. The van der Waals surface area contributed by atoms with E-state index in [0.717, 1.165) is 11.1 Å². The van der Waals surface area contributed by atoms with E-state index in [-0.39, 0.29) is 5.92 Å². The number of nitrogens with zero attached hydrogens (tertiary/aromatic N) is 1. The van der Waals surface area contributed by atoms with Crippen molar-refractivity contribution < 1.29 is 9.52 Å². The Bertz CT molecular complexity index is 415. The zero-order valence-electron chi connectivity index (χ0n) is 8.97. The normalized spacial score (nSPS) is 13.6. The monoisotopic (exact) mass is 205 g/mol. The average molecular weight is 205 g/mol. The molecular weight excluding hydrogens is 190 g/mol. The number of rotatable bonds is 3. The van der Waals surface area contributed by atoms with E-state index in [1.165, 1.54) is 0 Å². The van der Waals surface area contributed by atoms with Gasteiger partial charge in [0.25, 0.3) is 0 Å². The molecule has 1 unspecified atom stereocenters. The molecular formula is C12H15NO2. The predicted octanol–water partition coefficient (Wildman–Crippen LogP) is 2.39. The molecule has 1 aromatic carbocycles. The molecule has 0 amide bonds. The lowest BCUT2D eigenvalue weighted by atomic mass is 10.0. The second kappa shape index (κ2) is 4.03. The lowest BCUT2D eigenvalue weighted by molar-refractivity contribution is 0.118. The Morgan fingerprint density at radius 3 is 2.73 bits per heavy atom. The van der Waals surface area contributed by atoms with Gasteiger partial charge in [-0.1, -0.05) is 26.0 Å². The van der Waals surface area contributed by atoms with E-state index in [4.69, 9.17) is 4.42 Å². The first kappa shape index (κ1) is 10.2. The molecule has 0 spiro atoms. The molecule has 1 N–H and O–H groups in total. The second-order valence-corrected chi connectivity index (χ2v) is 4.09. The van der Waals surface area contributed by atoms with Gasteiger partial charge in [-0.15, -0.1) is 0 Å². The third-order valence-electron chi connectivity index (χ3n) is 2.49. The van der Waals surface area contributed by atoms with Gasteiger partial charge in [-0.2, -0.15) is 0 Å². The highest BCUT2D eigenvalue weighted by molar-refractivity contribution is 5.72. The number of hydrogen-bond acceptors (Lipinski definition) is 3. The van der Waals surface area contributed by atoms with Crippen LogP contribution in [0.25, 0.3) is 11.1 Å². The summed E-state index contributed by atoms with van der Waals surface area (Å²) in [6.07, 6.45) is 0.0878. The minimum absolute atomic E-state index is 0.222. The van der Waals surface area contributed by atoms with Gasteiger partial charge in [0.05, 0.1) is 12.5 Å². The van der Waals surface area contributed by atoms with Crippen LogP contribution in [0.2, 0.25) is 0 Å². The van der Waals surface area contributed by atoms with Gasteiger partial charge in [0.1, 0.15) is 5.52 Å². The van der Waals surface area contributed by atoms with E-state index in [9.17, 15) is 5.11 Å². The molecule has 80 valence electrons. The van der Waals surface area contributed by atoms with Crippen molar-refractivity contribution >= 4 is 11.1 Å². The van der Waals surface area contributed by atoms with E-state index in [1.54, 1.807) is 0 Å². The molecule has 2 rings (SSSR count). The van der Waals surface area contributed by atoms with E-state index in [0.29, 0.717) is 12.3 Å². The zero-order valence-corrected chi connectivity index (χ0v) is 8.97. The van der Waals surface area contributed by atoms with Gasteiger partial charge < -0.3 is 9.52 Å². The topological polar surface area (TPSA) is 46.3 Å². The number of aliphatic hydroxyl groups is 1. The summed E-state index contributed by atoms with van der Waals surface area (Å²) in [5.41, 5.74) is 1.63. The number of aromatic nitrogens is 1. The Morgan fingerprint density at radius 1 is 1.33 bits per heavy atom. The van der Waals surface area contributed by atoms with Crippen molar-refractivity contribution in [3.63, 3.8) is 0 Å². The molecule has 0 aliphatic rings. The highest BCUT2D eigenvalue weighted by Gasteiger charge is 2.14. The van der Waals surface area contributed by atoms with Gasteiger partial charge in [0.15, 0.2) is 11.5 Å².